The Balaban J connectivity index is 1.76. The molecule has 4 rings (SSSR count). The van der Waals surface area contributed by atoms with E-state index in [-0.39, 0.29) is 17.8 Å². The van der Waals surface area contributed by atoms with Gasteiger partial charge in [0.05, 0.1) is 11.7 Å². The molecular weight excluding hydrogens is 530 g/mol. The Kier molecular flexibility index (Phi) is 9.71. The number of allylic oxidation sites excluding steroid dienone is 5. The van der Waals surface area contributed by atoms with E-state index in [1.165, 1.54) is 25.0 Å². The second kappa shape index (κ2) is 13.0. The fourth-order valence-corrected chi connectivity index (χ4v) is 6.01. The zero-order valence-electron chi connectivity index (χ0n) is 20.9. The van der Waals surface area contributed by atoms with Gasteiger partial charge >= 0.3 is 0 Å². The van der Waals surface area contributed by atoms with Gasteiger partial charge in [-0.3, -0.25) is 14.9 Å². The summed E-state index contributed by atoms with van der Waals surface area (Å²) in [6.45, 7) is 7.26. The lowest BCUT2D eigenvalue weighted by atomic mass is 10.0. The Morgan fingerprint density at radius 3 is 2.54 bits per heavy atom. The molecule has 0 spiro atoms. The van der Waals surface area contributed by atoms with Gasteiger partial charge in [-0.1, -0.05) is 60.8 Å². The molecule has 0 bridgehead atoms. The zero-order chi connectivity index (χ0) is 26.4. The molecule has 5 nitrogen and oxygen atoms in total. The highest BCUT2D eigenvalue weighted by molar-refractivity contribution is 7.99. The van der Waals surface area contributed by atoms with E-state index in [1.54, 1.807) is 42.1 Å². The molecule has 1 aromatic heterocycles. The number of rotatable bonds is 7. The monoisotopic (exact) mass is 560 g/mol. The van der Waals surface area contributed by atoms with Crippen molar-refractivity contribution in [1.82, 2.24) is 20.2 Å². The first-order valence-electron chi connectivity index (χ1n) is 12.4. The Labute approximate surface area is 232 Å². The number of thioether (sulfide) groups is 1. The molecule has 1 amide bonds. The van der Waals surface area contributed by atoms with Crippen LogP contribution in [0.3, 0.4) is 0 Å². The number of hydrazine groups is 1. The second-order valence-electron chi connectivity index (χ2n) is 9.17. The van der Waals surface area contributed by atoms with Crippen molar-refractivity contribution in [1.29, 1.82) is 0 Å². The number of amides is 1. The summed E-state index contributed by atoms with van der Waals surface area (Å²) < 4.78 is 15.3. The molecule has 1 aromatic carbocycles. The molecule has 2 aliphatic heterocycles. The van der Waals surface area contributed by atoms with Crippen molar-refractivity contribution in [2.24, 2.45) is 0 Å². The molecular formula is C28H31Cl2FN4OS. The normalized spacial score (nSPS) is 19.3. The average Bonchev–Trinajstić information content (AvgIpc) is 3.09. The average molecular weight is 562 g/mol. The molecule has 1 N–H and O–H groups in total. The van der Waals surface area contributed by atoms with Gasteiger partial charge in [-0.15, -0.1) is 0 Å². The van der Waals surface area contributed by atoms with Crippen LogP contribution in [0.25, 0.3) is 11.6 Å². The minimum absolute atomic E-state index is 0.211. The van der Waals surface area contributed by atoms with E-state index in [2.05, 4.69) is 12.0 Å². The number of halogens is 3. The lowest BCUT2D eigenvalue weighted by molar-refractivity contribution is 0.0787. The highest BCUT2D eigenvalue weighted by Gasteiger charge is 2.31. The number of benzene rings is 1. The maximum absolute atomic E-state index is 13.5. The van der Waals surface area contributed by atoms with Gasteiger partial charge in [0.2, 0.25) is 0 Å². The summed E-state index contributed by atoms with van der Waals surface area (Å²) in [7, 11) is 0. The van der Waals surface area contributed by atoms with Crippen molar-refractivity contribution in [3.63, 3.8) is 0 Å². The standard InChI is InChI=1S/C28H31Cl2FN4OS/c1-3-8-22(29)16-25(30)19(2)35-27-21(15-20-9-11-23(31)12-10-20)17-37-18-24(27)26(32-35)28(36)33-34-13-6-4-5-7-14-34/h3,8-12,15-16,19H,1,4-7,13-14,17-18H2,2H3,(H,33,36)/b21-15+,22-8+,25-16+. The minimum atomic E-state index is -0.373. The molecule has 3 heterocycles. The third-order valence-electron chi connectivity index (χ3n) is 6.43. The van der Waals surface area contributed by atoms with E-state index in [9.17, 15) is 9.18 Å². The Bertz CT molecular complexity index is 1230. The predicted molar refractivity (Wildman–Crippen MR) is 153 cm³/mol. The molecule has 2 aromatic rings. The number of hydrogen-bond acceptors (Lipinski definition) is 4. The summed E-state index contributed by atoms with van der Waals surface area (Å²) in [6, 6.07) is 5.99. The van der Waals surface area contributed by atoms with Gasteiger partial charge in [-0.25, -0.2) is 9.40 Å². The Hall–Kier alpha value is -2.32. The summed E-state index contributed by atoms with van der Waals surface area (Å²) in [5.41, 5.74) is 7.11. The van der Waals surface area contributed by atoms with Crippen LogP contribution < -0.4 is 5.43 Å². The van der Waals surface area contributed by atoms with E-state index in [0.29, 0.717) is 21.5 Å². The summed E-state index contributed by atoms with van der Waals surface area (Å²) in [5, 5.41) is 7.75. The van der Waals surface area contributed by atoms with Crippen molar-refractivity contribution in [3.8, 4) is 0 Å². The number of aromatic nitrogens is 2. The van der Waals surface area contributed by atoms with E-state index < -0.39 is 0 Å². The van der Waals surface area contributed by atoms with E-state index in [4.69, 9.17) is 28.3 Å². The molecule has 1 fully saturated rings. The summed E-state index contributed by atoms with van der Waals surface area (Å²) >= 11 is 14.7. The van der Waals surface area contributed by atoms with Crippen LogP contribution in [-0.2, 0) is 5.75 Å². The van der Waals surface area contributed by atoms with Crippen molar-refractivity contribution in [2.45, 2.75) is 44.4 Å². The molecule has 196 valence electrons. The Morgan fingerprint density at radius 2 is 1.86 bits per heavy atom. The quantitative estimate of drug-likeness (QED) is 0.360. The van der Waals surface area contributed by atoms with Crippen LogP contribution in [0.2, 0.25) is 0 Å². The first-order chi connectivity index (χ1) is 17.9. The van der Waals surface area contributed by atoms with Crippen LogP contribution in [0.5, 0.6) is 0 Å². The number of fused-ring (bicyclic) bond motifs is 1. The highest BCUT2D eigenvalue weighted by Crippen LogP contribution is 2.39. The summed E-state index contributed by atoms with van der Waals surface area (Å²) in [4.78, 5) is 13.5. The number of nitrogens with zero attached hydrogens (tertiary/aromatic N) is 3. The highest BCUT2D eigenvalue weighted by atomic mass is 35.5. The van der Waals surface area contributed by atoms with Crippen LogP contribution in [0.4, 0.5) is 4.39 Å². The number of carbonyl (C=O) groups excluding carboxylic acids is 1. The van der Waals surface area contributed by atoms with Crippen molar-refractivity contribution >= 4 is 52.5 Å². The van der Waals surface area contributed by atoms with Crippen LogP contribution in [0.15, 0.2) is 59.1 Å². The molecule has 0 radical (unpaired) electrons. The van der Waals surface area contributed by atoms with Crippen LogP contribution in [0.1, 0.15) is 66.0 Å². The Morgan fingerprint density at radius 1 is 1.16 bits per heavy atom. The SMILES string of the molecule is C=C/C=C(Cl)\C=C(\Cl)C(C)n1nc(C(=O)NN2CCCCCC2)c2c1/C(=C/c1ccc(F)cc1)CSC2. The van der Waals surface area contributed by atoms with Gasteiger partial charge in [0, 0.05) is 40.2 Å². The van der Waals surface area contributed by atoms with Crippen molar-refractivity contribution in [3.05, 3.63) is 87.5 Å². The fraction of sp³-hybridized carbons (Fsp3) is 0.357. The molecule has 2 aliphatic rings. The molecule has 37 heavy (non-hydrogen) atoms. The largest absolute Gasteiger partial charge is 0.286 e. The van der Waals surface area contributed by atoms with Crippen LogP contribution in [-0.4, -0.2) is 39.5 Å². The third-order valence-corrected chi connectivity index (χ3v) is 8.10. The predicted octanol–water partition coefficient (Wildman–Crippen LogP) is 7.32. The smallest absolute Gasteiger partial charge is 0.283 e. The number of carbonyl (C=O) groups is 1. The van der Waals surface area contributed by atoms with E-state index >= 15 is 0 Å². The van der Waals surface area contributed by atoms with Crippen molar-refractivity contribution < 1.29 is 9.18 Å². The first kappa shape index (κ1) is 27.7. The topological polar surface area (TPSA) is 50.2 Å². The zero-order valence-corrected chi connectivity index (χ0v) is 23.2. The molecule has 0 saturated carbocycles. The molecule has 9 heteroatoms. The van der Waals surface area contributed by atoms with Crippen LogP contribution in [0, 0.1) is 5.82 Å². The summed E-state index contributed by atoms with van der Waals surface area (Å²) in [6.07, 6.45) is 11.4. The van der Waals surface area contributed by atoms with E-state index in [1.807, 2.05) is 22.7 Å². The lowest BCUT2D eigenvalue weighted by Gasteiger charge is -2.22. The van der Waals surface area contributed by atoms with Crippen molar-refractivity contribution in [2.75, 3.05) is 18.8 Å². The number of nitrogens with one attached hydrogen (secondary N) is 1. The molecule has 0 aliphatic carbocycles. The fourth-order valence-electron chi connectivity index (χ4n) is 4.52. The lowest BCUT2D eigenvalue weighted by Crippen LogP contribution is -2.43. The molecule has 1 atom stereocenters. The van der Waals surface area contributed by atoms with Gasteiger partial charge < -0.3 is 0 Å². The first-order valence-corrected chi connectivity index (χ1v) is 14.3. The van der Waals surface area contributed by atoms with Gasteiger partial charge in [0.25, 0.3) is 5.91 Å². The third kappa shape index (κ3) is 6.96. The van der Waals surface area contributed by atoms with Gasteiger partial charge in [0.15, 0.2) is 5.69 Å². The molecule has 1 unspecified atom stereocenters. The van der Waals surface area contributed by atoms with Crippen LogP contribution >= 0.6 is 35.0 Å². The minimum Gasteiger partial charge on any atom is -0.283 e. The second-order valence-corrected chi connectivity index (χ2v) is 11.0. The maximum atomic E-state index is 13.5. The number of hydrogen-bond donors (Lipinski definition) is 1. The van der Waals surface area contributed by atoms with Gasteiger partial charge in [0.1, 0.15) is 5.82 Å². The van der Waals surface area contributed by atoms with Gasteiger partial charge in [-0.05, 0) is 61.3 Å². The maximum Gasteiger partial charge on any atom is 0.286 e. The van der Waals surface area contributed by atoms with Gasteiger partial charge in [-0.2, -0.15) is 16.9 Å². The van der Waals surface area contributed by atoms with E-state index in [0.717, 1.165) is 54.1 Å². The molecule has 1 saturated heterocycles. The summed E-state index contributed by atoms with van der Waals surface area (Å²) in [5.74, 6) is 0.893.